The van der Waals surface area contributed by atoms with Gasteiger partial charge in [0.1, 0.15) is 6.04 Å². The summed E-state index contributed by atoms with van der Waals surface area (Å²) in [5, 5.41) is 2.65. The van der Waals surface area contributed by atoms with Gasteiger partial charge in [0.15, 0.2) is 0 Å². The summed E-state index contributed by atoms with van der Waals surface area (Å²) in [6.07, 6.45) is 2.98. The van der Waals surface area contributed by atoms with Gasteiger partial charge in [0.2, 0.25) is 11.8 Å². The molecule has 0 saturated carbocycles. The molecule has 19 heavy (non-hydrogen) atoms. The Morgan fingerprint density at radius 2 is 1.95 bits per heavy atom. The van der Waals surface area contributed by atoms with Crippen molar-refractivity contribution >= 4 is 11.8 Å². The molecule has 1 aromatic carbocycles. The van der Waals surface area contributed by atoms with Crippen molar-refractivity contribution in [2.24, 2.45) is 0 Å². The number of hydrogen-bond donors (Lipinski definition) is 1. The first kappa shape index (κ1) is 13.6. The minimum Gasteiger partial charge on any atom is -0.343 e. The maximum absolute atomic E-state index is 11.8. The highest BCUT2D eigenvalue weighted by Crippen LogP contribution is 2.08. The first-order valence-electron chi connectivity index (χ1n) is 6.79. The van der Waals surface area contributed by atoms with Gasteiger partial charge >= 0.3 is 0 Å². The smallest absolute Gasteiger partial charge is 0.245 e. The Hall–Kier alpha value is -1.84. The molecule has 0 aromatic heterocycles. The minimum absolute atomic E-state index is 0.0271. The molecular weight excluding hydrogens is 240 g/mol. The van der Waals surface area contributed by atoms with Gasteiger partial charge in [-0.2, -0.15) is 0 Å². The highest BCUT2D eigenvalue weighted by atomic mass is 16.2. The molecule has 1 saturated heterocycles. The van der Waals surface area contributed by atoms with Crippen LogP contribution in [0.15, 0.2) is 30.3 Å². The van der Waals surface area contributed by atoms with Crippen molar-refractivity contribution in [3.05, 3.63) is 35.9 Å². The monoisotopic (exact) mass is 260 g/mol. The van der Waals surface area contributed by atoms with Crippen molar-refractivity contribution in [1.82, 2.24) is 10.2 Å². The molecule has 1 fully saturated rings. The average Bonchev–Trinajstić information content (AvgIpc) is 2.41. The molecule has 1 unspecified atom stereocenters. The van der Waals surface area contributed by atoms with Crippen molar-refractivity contribution in [1.29, 1.82) is 0 Å². The molecular formula is C15H20N2O2. The number of benzene rings is 1. The van der Waals surface area contributed by atoms with Gasteiger partial charge in [0.05, 0.1) is 6.54 Å². The van der Waals surface area contributed by atoms with E-state index in [1.807, 2.05) is 18.2 Å². The van der Waals surface area contributed by atoms with E-state index >= 15 is 0 Å². The molecule has 1 aliphatic heterocycles. The van der Waals surface area contributed by atoms with Crippen LogP contribution in [0.1, 0.15) is 25.3 Å². The van der Waals surface area contributed by atoms with Crippen molar-refractivity contribution in [3.63, 3.8) is 0 Å². The largest absolute Gasteiger partial charge is 0.343 e. The fourth-order valence-electron chi connectivity index (χ4n) is 2.34. The first-order valence-corrected chi connectivity index (χ1v) is 6.79. The Morgan fingerprint density at radius 3 is 2.68 bits per heavy atom. The minimum atomic E-state index is -0.379. The van der Waals surface area contributed by atoms with Crippen LogP contribution in [0.25, 0.3) is 0 Å². The SMILES string of the molecule is CC1NC(=O)CN(CCCCc2ccccc2)C1=O. The van der Waals surface area contributed by atoms with E-state index in [-0.39, 0.29) is 24.4 Å². The Bertz CT molecular complexity index is 445. The summed E-state index contributed by atoms with van der Waals surface area (Å²) in [6, 6.07) is 9.93. The van der Waals surface area contributed by atoms with E-state index in [2.05, 4.69) is 17.4 Å². The molecule has 4 heteroatoms. The predicted octanol–water partition coefficient (Wildman–Crippen LogP) is 1.36. The predicted molar refractivity (Wildman–Crippen MR) is 73.6 cm³/mol. The van der Waals surface area contributed by atoms with E-state index in [1.165, 1.54) is 5.56 Å². The highest BCUT2D eigenvalue weighted by molar-refractivity contribution is 5.94. The van der Waals surface area contributed by atoms with Crippen LogP contribution in [-0.2, 0) is 16.0 Å². The number of nitrogens with zero attached hydrogens (tertiary/aromatic N) is 1. The van der Waals surface area contributed by atoms with Crippen molar-refractivity contribution in [3.8, 4) is 0 Å². The van der Waals surface area contributed by atoms with Crippen molar-refractivity contribution in [2.45, 2.75) is 32.2 Å². The number of carbonyl (C=O) groups excluding carboxylic acids is 2. The second kappa shape index (κ2) is 6.36. The Balaban J connectivity index is 1.73. The second-order valence-electron chi connectivity index (χ2n) is 4.99. The Morgan fingerprint density at radius 1 is 1.21 bits per heavy atom. The van der Waals surface area contributed by atoms with Gasteiger partial charge in [0.25, 0.3) is 0 Å². The molecule has 0 bridgehead atoms. The van der Waals surface area contributed by atoms with Crippen LogP contribution >= 0.6 is 0 Å². The molecule has 1 heterocycles. The zero-order chi connectivity index (χ0) is 13.7. The van der Waals surface area contributed by atoms with Gasteiger partial charge in [-0.1, -0.05) is 30.3 Å². The van der Waals surface area contributed by atoms with Crippen LogP contribution in [0.4, 0.5) is 0 Å². The standard InChI is InChI=1S/C15H20N2O2/c1-12-15(19)17(11-14(18)16-12)10-6-5-9-13-7-3-2-4-8-13/h2-4,7-8,12H,5-6,9-11H2,1H3,(H,16,18). The van der Waals surface area contributed by atoms with Crippen molar-refractivity contribution < 1.29 is 9.59 Å². The van der Waals surface area contributed by atoms with E-state index in [4.69, 9.17) is 0 Å². The fraction of sp³-hybridized carbons (Fsp3) is 0.467. The highest BCUT2D eigenvalue weighted by Gasteiger charge is 2.28. The third kappa shape index (κ3) is 3.81. The van der Waals surface area contributed by atoms with E-state index in [0.29, 0.717) is 6.54 Å². The van der Waals surface area contributed by atoms with Gasteiger partial charge in [-0.3, -0.25) is 9.59 Å². The van der Waals surface area contributed by atoms with Gasteiger partial charge in [-0.25, -0.2) is 0 Å². The second-order valence-corrected chi connectivity index (χ2v) is 4.99. The zero-order valence-electron chi connectivity index (χ0n) is 11.3. The zero-order valence-corrected chi connectivity index (χ0v) is 11.3. The molecule has 1 aliphatic rings. The molecule has 102 valence electrons. The lowest BCUT2D eigenvalue weighted by atomic mass is 10.1. The normalized spacial score (nSPS) is 19.4. The number of nitrogens with one attached hydrogen (secondary N) is 1. The van der Waals surface area contributed by atoms with E-state index < -0.39 is 0 Å². The molecule has 4 nitrogen and oxygen atoms in total. The summed E-state index contributed by atoms with van der Waals surface area (Å²) < 4.78 is 0. The van der Waals surface area contributed by atoms with Crippen LogP contribution in [0, 0.1) is 0 Å². The summed E-state index contributed by atoms with van der Waals surface area (Å²) in [7, 11) is 0. The summed E-state index contributed by atoms with van der Waals surface area (Å²) in [6.45, 7) is 2.61. The third-order valence-electron chi connectivity index (χ3n) is 3.38. The quantitative estimate of drug-likeness (QED) is 0.813. The number of rotatable bonds is 5. The summed E-state index contributed by atoms with van der Waals surface area (Å²) in [4.78, 5) is 24.9. The summed E-state index contributed by atoms with van der Waals surface area (Å²) in [5.74, 6) is -0.0329. The number of aryl methyl sites for hydroxylation is 1. The van der Waals surface area contributed by atoms with Gasteiger partial charge < -0.3 is 10.2 Å². The third-order valence-corrected chi connectivity index (χ3v) is 3.38. The molecule has 0 spiro atoms. The number of amides is 2. The molecule has 2 amide bonds. The maximum atomic E-state index is 11.8. The molecule has 2 rings (SSSR count). The average molecular weight is 260 g/mol. The first-order chi connectivity index (χ1) is 9.16. The van der Waals surface area contributed by atoms with Gasteiger partial charge in [-0.05, 0) is 31.7 Å². The number of piperazine rings is 1. The number of hydrogen-bond acceptors (Lipinski definition) is 2. The van der Waals surface area contributed by atoms with Gasteiger partial charge in [-0.15, -0.1) is 0 Å². The topological polar surface area (TPSA) is 49.4 Å². The molecule has 0 aliphatic carbocycles. The lowest BCUT2D eigenvalue weighted by Crippen LogP contribution is -2.56. The number of carbonyl (C=O) groups is 2. The lowest BCUT2D eigenvalue weighted by Gasteiger charge is -2.30. The van der Waals surface area contributed by atoms with Crippen LogP contribution in [0.2, 0.25) is 0 Å². The van der Waals surface area contributed by atoms with Crippen molar-refractivity contribution in [2.75, 3.05) is 13.1 Å². The summed E-state index contributed by atoms with van der Waals surface area (Å²) >= 11 is 0. The van der Waals surface area contributed by atoms with Crippen LogP contribution in [0.3, 0.4) is 0 Å². The Kier molecular flexibility index (Phi) is 4.55. The van der Waals surface area contributed by atoms with E-state index in [0.717, 1.165) is 19.3 Å². The molecule has 1 aromatic rings. The Labute approximate surface area is 113 Å². The molecule has 1 atom stereocenters. The molecule has 0 radical (unpaired) electrons. The van der Waals surface area contributed by atoms with Crippen LogP contribution in [-0.4, -0.2) is 35.8 Å². The fourth-order valence-corrected chi connectivity index (χ4v) is 2.34. The lowest BCUT2D eigenvalue weighted by molar-refractivity contribution is -0.143. The van der Waals surface area contributed by atoms with Crippen LogP contribution in [0.5, 0.6) is 0 Å². The maximum Gasteiger partial charge on any atom is 0.245 e. The van der Waals surface area contributed by atoms with Crippen LogP contribution < -0.4 is 5.32 Å². The summed E-state index contributed by atoms with van der Waals surface area (Å²) in [5.41, 5.74) is 1.32. The number of unbranched alkanes of at least 4 members (excludes halogenated alkanes) is 1. The molecule has 1 N–H and O–H groups in total. The van der Waals surface area contributed by atoms with Gasteiger partial charge in [0, 0.05) is 6.54 Å². The van der Waals surface area contributed by atoms with E-state index in [1.54, 1.807) is 11.8 Å². The van der Waals surface area contributed by atoms with E-state index in [9.17, 15) is 9.59 Å².